The van der Waals surface area contributed by atoms with Crippen molar-refractivity contribution < 1.29 is 4.12 Å². The van der Waals surface area contributed by atoms with Crippen LogP contribution in [-0.2, 0) is 4.12 Å². The quantitative estimate of drug-likeness (QED) is 0.379. The Hall–Kier alpha value is 0.314. The van der Waals surface area contributed by atoms with Gasteiger partial charge in [0.25, 0.3) is 8.48 Å². The van der Waals surface area contributed by atoms with Gasteiger partial charge in [0.2, 0.25) is 0 Å². The van der Waals surface area contributed by atoms with E-state index in [2.05, 4.69) is 37.0 Å². The van der Waals surface area contributed by atoms with Crippen LogP contribution in [0.2, 0.25) is 13.1 Å². The number of hydrogen-bond acceptors (Lipinski definition) is 3. The second-order valence-corrected chi connectivity index (χ2v) is 9.48. The third-order valence-corrected chi connectivity index (χ3v) is 8.40. The molecule has 5 heteroatoms. The van der Waals surface area contributed by atoms with E-state index in [4.69, 9.17) is 4.12 Å². The van der Waals surface area contributed by atoms with E-state index in [-0.39, 0.29) is 0 Å². The standard InChI is InChI=1S/C10H28N2OSi2/c1-5-7-9-11-12(10-8-6-2)15(3,4)13-14/h11H,5-10H2,1-4,14H3. The van der Waals surface area contributed by atoms with Crippen molar-refractivity contribution >= 4 is 19.0 Å². The zero-order valence-electron chi connectivity index (χ0n) is 11.1. The molecule has 92 valence electrons. The Morgan fingerprint density at radius 1 is 1.20 bits per heavy atom. The van der Waals surface area contributed by atoms with E-state index in [9.17, 15) is 0 Å². The fourth-order valence-electron chi connectivity index (χ4n) is 1.36. The summed E-state index contributed by atoms with van der Waals surface area (Å²) in [6, 6.07) is 0. The summed E-state index contributed by atoms with van der Waals surface area (Å²) >= 11 is 0. The van der Waals surface area contributed by atoms with Crippen molar-refractivity contribution in [1.29, 1.82) is 0 Å². The van der Waals surface area contributed by atoms with Crippen LogP contribution in [0.1, 0.15) is 39.5 Å². The molecule has 0 aliphatic heterocycles. The highest BCUT2D eigenvalue weighted by Gasteiger charge is 2.28. The molecule has 3 nitrogen and oxygen atoms in total. The number of hydrogen-bond donors (Lipinski definition) is 1. The lowest BCUT2D eigenvalue weighted by atomic mass is 10.3. The molecular weight excluding hydrogens is 220 g/mol. The number of nitrogens with zero attached hydrogens (tertiary/aromatic N) is 1. The van der Waals surface area contributed by atoms with Gasteiger partial charge in [-0.2, -0.15) is 0 Å². The van der Waals surface area contributed by atoms with Crippen molar-refractivity contribution in [3.8, 4) is 0 Å². The van der Waals surface area contributed by atoms with Gasteiger partial charge in [-0.25, -0.2) is 4.67 Å². The summed E-state index contributed by atoms with van der Waals surface area (Å²) in [6.07, 6.45) is 4.99. The van der Waals surface area contributed by atoms with Gasteiger partial charge in [0.1, 0.15) is 10.5 Å². The van der Waals surface area contributed by atoms with Gasteiger partial charge in [-0.05, 0) is 25.9 Å². The second-order valence-electron chi connectivity index (χ2n) is 4.42. The molecule has 0 amide bonds. The predicted molar refractivity (Wildman–Crippen MR) is 73.0 cm³/mol. The van der Waals surface area contributed by atoms with Crippen LogP contribution in [0.3, 0.4) is 0 Å². The van der Waals surface area contributed by atoms with Gasteiger partial charge in [0.15, 0.2) is 0 Å². The topological polar surface area (TPSA) is 24.5 Å². The van der Waals surface area contributed by atoms with Crippen LogP contribution in [0.4, 0.5) is 0 Å². The fourth-order valence-corrected chi connectivity index (χ4v) is 3.43. The Kier molecular flexibility index (Phi) is 8.64. The molecule has 0 spiro atoms. The molecule has 1 N–H and O–H groups in total. The first kappa shape index (κ1) is 15.3. The largest absolute Gasteiger partial charge is 0.452 e. The van der Waals surface area contributed by atoms with Crippen molar-refractivity contribution in [1.82, 2.24) is 10.1 Å². The molecule has 0 aliphatic carbocycles. The summed E-state index contributed by atoms with van der Waals surface area (Å²) in [5.41, 5.74) is 3.54. The van der Waals surface area contributed by atoms with Crippen molar-refractivity contribution in [2.24, 2.45) is 0 Å². The Bertz CT molecular complexity index is 156. The summed E-state index contributed by atoms with van der Waals surface area (Å²) in [4.78, 5) is 0. The van der Waals surface area contributed by atoms with Gasteiger partial charge in [-0.15, -0.1) is 0 Å². The molecule has 0 unspecified atom stereocenters. The molecule has 0 saturated carbocycles. The predicted octanol–water partition coefficient (Wildman–Crippen LogP) is 1.39. The maximum Gasteiger partial charge on any atom is 0.267 e. The number of rotatable bonds is 9. The highest BCUT2D eigenvalue weighted by atomic mass is 28.4. The zero-order valence-corrected chi connectivity index (χ0v) is 14.1. The van der Waals surface area contributed by atoms with E-state index < -0.39 is 8.48 Å². The van der Waals surface area contributed by atoms with E-state index >= 15 is 0 Å². The number of hydrazine groups is 1. The van der Waals surface area contributed by atoms with Crippen LogP contribution in [0.25, 0.3) is 0 Å². The van der Waals surface area contributed by atoms with Crippen molar-refractivity contribution in [2.45, 2.75) is 52.6 Å². The molecule has 0 saturated heterocycles. The van der Waals surface area contributed by atoms with Crippen molar-refractivity contribution in [3.05, 3.63) is 0 Å². The summed E-state index contributed by atoms with van der Waals surface area (Å²) in [6.45, 7) is 11.2. The van der Waals surface area contributed by atoms with Gasteiger partial charge in [0, 0.05) is 13.1 Å². The molecule has 0 aromatic carbocycles. The van der Waals surface area contributed by atoms with Crippen LogP contribution in [0, 0.1) is 0 Å². The minimum Gasteiger partial charge on any atom is -0.452 e. The molecule has 0 aromatic heterocycles. The Morgan fingerprint density at radius 2 is 1.80 bits per heavy atom. The molecule has 0 rings (SSSR count). The van der Waals surface area contributed by atoms with E-state index in [1.807, 2.05) is 0 Å². The average molecular weight is 249 g/mol. The minimum absolute atomic E-state index is 0.844. The lowest BCUT2D eigenvalue weighted by molar-refractivity contribution is 0.265. The SMILES string of the molecule is CCCCNN(CCCC)[Si](C)(C)O[SiH3]. The molecule has 0 atom stereocenters. The third kappa shape index (κ3) is 6.47. The van der Waals surface area contributed by atoms with Crippen LogP contribution in [0.15, 0.2) is 0 Å². The maximum absolute atomic E-state index is 5.77. The van der Waals surface area contributed by atoms with Gasteiger partial charge in [-0.3, -0.25) is 5.43 Å². The third-order valence-electron chi connectivity index (χ3n) is 2.72. The van der Waals surface area contributed by atoms with Crippen LogP contribution in [0.5, 0.6) is 0 Å². The first-order valence-electron chi connectivity index (χ1n) is 6.14. The lowest BCUT2D eigenvalue weighted by Gasteiger charge is -2.35. The van der Waals surface area contributed by atoms with Crippen molar-refractivity contribution in [2.75, 3.05) is 13.1 Å². The molecule has 15 heavy (non-hydrogen) atoms. The maximum atomic E-state index is 5.77. The molecule has 0 heterocycles. The fraction of sp³-hybridized carbons (Fsp3) is 1.00. The summed E-state index contributed by atoms with van der Waals surface area (Å²) in [5, 5.41) is 0. The van der Waals surface area contributed by atoms with Gasteiger partial charge >= 0.3 is 0 Å². The summed E-state index contributed by atoms with van der Waals surface area (Å²) in [5.74, 6) is 0. The van der Waals surface area contributed by atoms with E-state index in [0.29, 0.717) is 0 Å². The Labute approximate surface area is 99.3 Å². The second kappa shape index (κ2) is 8.46. The monoisotopic (exact) mass is 248 g/mol. The summed E-state index contributed by atoms with van der Waals surface area (Å²) in [7, 11) is -0.766. The average Bonchev–Trinajstić information content (AvgIpc) is 2.23. The Morgan fingerprint density at radius 3 is 2.27 bits per heavy atom. The molecule has 0 aromatic rings. The van der Waals surface area contributed by atoms with Crippen LogP contribution in [-0.4, -0.2) is 36.7 Å². The van der Waals surface area contributed by atoms with E-state index in [0.717, 1.165) is 23.6 Å². The first-order valence-corrected chi connectivity index (χ1v) is 9.82. The van der Waals surface area contributed by atoms with Gasteiger partial charge in [-0.1, -0.05) is 26.7 Å². The van der Waals surface area contributed by atoms with E-state index in [1.165, 1.54) is 25.7 Å². The zero-order chi connectivity index (χ0) is 11.7. The summed E-state index contributed by atoms with van der Waals surface area (Å²) < 4.78 is 8.16. The molecular formula is C10H28N2OSi2. The molecule has 0 bridgehead atoms. The molecule has 0 aliphatic rings. The smallest absolute Gasteiger partial charge is 0.267 e. The van der Waals surface area contributed by atoms with Gasteiger partial charge in [0.05, 0.1) is 0 Å². The van der Waals surface area contributed by atoms with E-state index in [1.54, 1.807) is 0 Å². The molecule has 0 fully saturated rings. The highest BCUT2D eigenvalue weighted by Crippen LogP contribution is 2.08. The van der Waals surface area contributed by atoms with Crippen molar-refractivity contribution in [3.63, 3.8) is 0 Å². The normalized spacial score (nSPS) is 12.6. The Balaban J connectivity index is 4.05. The van der Waals surface area contributed by atoms with Crippen LogP contribution >= 0.6 is 0 Å². The molecule has 0 radical (unpaired) electrons. The number of unbranched alkanes of at least 4 members (excludes halogenated alkanes) is 2. The minimum atomic E-state index is -1.61. The highest BCUT2D eigenvalue weighted by molar-refractivity contribution is 6.70. The lowest BCUT2D eigenvalue weighted by Crippen LogP contribution is -2.58. The number of nitrogens with one attached hydrogen (secondary N) is 1. The first-order chi connectivity index (χ1) is 7.08. The van der Waals surface area contributed by atoms with Crippen LogP contribution < -0.4 is 5.43 Å². The van der Waals surface area contributed by atoms with Gasteiger partial charge < -0.3 is 4.12 Å².